The Labute approximate surface area is 239 Å². The van der Waals surface area contributed by atoms with E-state index < -0.39 is 5.82 Å². The fraction of sp³-hybridized carbons (Fsp3) is 0.576. The molecule has 4 rings (SSSR count). The van der Waals surface area contributed by atoms with E-state index in [9.17, 15) is 4.79 Å². The summed E-state index contributed by atoms with van der Waals surface area (Å²) in [5.74, 6) is 1.21. The van der Waals surface area contributed by atoms with Crippen LogP contribution in [0.2, 0.25) is 0 Å². The predicted molar refractivity (Wildman–Crippen MR) is 161 cm³/mol. The molecule has 1 atom stereocenters. The third-order valence-electron chi connectivity index (χ3n) is 9.28. The third-order valence-corrected chi connectivity index (χ3v) is 9.28. The van der Waals surface area contributed by atoms with Crippen molar-refractivity contribution in [2.45, 2.75) is 91.9 Å². The Bertz CT molecular complexity index is 1240. The molecule has 1 unspecified atom stereocenters. The number of nitrogens with zero attached hydrogens (tertiary/aromatic N) is 4. The normalized spacial score (nSPS) is 19.8. The quantitative estimate of drug-likeness (QED) is 0.241. The van der Waals surface area contributed by atoms with Crippen molar-refractivity contribution in [1.29, 1.82) is 0 Å². The summed E-state index contributed by atoms with van der Waals surface area (Å²) in [6.07, 6.45) is 13.8. The molecule has 1 saturated carbocycles. The number of ketones is 1. The molecular weight excluding hydrogens is 501 g/mol. The van der Waals surface area contributed by atoms with E-state index in [4.69, 9.17) is 0 Å². The fourth-order valence-electron chi connectivity index (χ4n) is 6.68. The fourth-order valence-corrected chi connectivity index (χ4v) is 6.68. The average Bonchev–Trinajstić information content (AvgIpc) is 3.44. The van der Waals surface area contributed by atoms with E-state index in [-0.39, 0.29) is 28.8 Å². The molecular formula is C33H46FN5O. The standard InChI is InChI=1S/C33H46FN5O/c1-7-22(3)30(33(8-2)15-9-10-16-33)27(24(5)40)19-23(4)31-28(34)21-36-32(38-31)37-29-12-11-26(20-35-29)25-13-17-39(6)18-14-25/h11-12,19-22,25H,7-10,13-18H2,1-6H3,(H,35,36,37,38)/b23-19+,30-27-. The minimum Gasteiger partial charge on any atom is -0.309 e. The summed E-state index contributed by atoms with van der Waals surface area (Å²) in [6.45, 7) is 12.3. The third kappa shape index (κ3) is 6.68. The molecule has 0 radical (unpaired) electrons. The monoisotopic (exact) mass is 547 g/mol. The average molecular weight is 548 g/mol. The summed E-state index contributed by atoms with van der Waals surface area (Å²) < 4.78 is 15.1. The number of allylic oxidation sites excluding steroid dienone is 4. The van der Waals surface area contributed by atoms with Crippen molar-refractivity contribution < 1.29 is 9.18 Å². The molecule has 2 aromatic heterocycles. The number of rotatable bonds is 10. The first-order valence-corrected chi connectivity index (χ1v) is 15.1. The molecule has 0 amide bonds. The number of pyridine rings is 1. The first-order valence-electron chi connectivity index (χ1n) is 15.1. The Balaban J connectivity index is 1.62. The van der Waals surface area contributed by atoms with Crippen molar-refractivity contribution in [3.8, 4) is 0 Å². The maximum Gasteiger partial charge on any atom is 0.229 e. The first kappa shape index (κ1) is 30.0. The van der Waals surface area contributed by atoms with Gasteiger partial charge in [0.2, 0.25) is 5.95 Å². The molecule has 216 valence electrons. The Morgan fingerprint density at radius 1 is 1.15 bits per heavy atom. The van der Waals surface area contributed by atoms with Crippen LogP contribution in [0.4, 0.5) is 16.2 Å². The minimum absolute atomic E-state index is 0.0242. The second-order valence-electron chi connectivity index (χ2n) is 11.9. The molecule has 0 aromatic carbocycles. The van der Waals surface area contributed by atoms with Crippen LogP contribution in [0.15, 0.2) is 41.7 Å². The molecule has 1 saturated heterocycles. The van der Waals surface area contributed by atoms with Crippen LogP contribution in [-0.4, -0.2) is 45.8 Å². The van der Waals surface area contributed by atoms with Gasteiger partial charge in [0.25, 0.3) is 0 Å². The number of Topliss-reactive ketones (excluding diaryl/α,β-unsaturated/α-hetero) is 1. The molecule has 2 fully saturated rings. The zero-order valence-electron chi connectivity index (χ0n) is 25.2. The summed E-state index contributed by atoms with van der Waals surface area (Å²) in [5, 5.41) is 3.14. The molecule has 2 aromatic rings. The lowest BCUT2D eigenvalue weighted by Gasteiger charge is -2.36. The number of likely N-dealkylation sites (tertiary alicyclic amines) is 1. The number of halogens is 1. The van der Waals surface area contributed by atoms with Crippen molar-refractivity contribution in [2.75, 3.05) is 25.5 Å². The van der Waals surface area contributed by atoms with Gasteiger partial charge >= 0.3 is 0 Å². The molecule has 40 heavy (non-hydrogen) atoms. The zero-order valence-corrected chi connectivity index (χ0v) is 25.2. The molecule has 1 aliphatic heterocycles. The van der Waals surface area contributed by atoms with Crippen molar-refractivity contribution in [1.82, 2.24) is 19.9 Å². The largest absolute Gasteiger partial charge is 0.309 e. The van der Waals surface area contributed by atoms with Gasteiger partial charge in [-0.25, -0.2) is 19.3 Å². The summed E-state index contributed by atoms with van der Waals surface area (Å²) in [4.78, 5) is 28.7. The summed E-state index contributed by atoms with van der Waals surface area (Å²) in [5.41, 5.74) is 4.04. The lowest BCUT2D eigenvalue weighted by Crippen LogP contribution is -2.29. The van der Waals surface area contributed by atoms with E-state index in [1.807, 2.05) is 25.3 Å². The Kier molecular flexibility index (Phi) is 9.88. The molecule has 2 aliphatic rings. The van der Waals surface area contributed by atoms with Gasteiger partial charge in [0.15, 0.2) is 11.6 Å². The van der Waals surface area contributed by atoms with Gasteiger partial charge in [-0.1, -0.05) is 45.3 Å². The number of hydrogen-bond donors (Lipinski definition) is 1. The SMILES string of the molecule is CCC(C)/C(=C(\C=C(/C)c1nc(Nc2ccc(C3CCN(C)CC3)cn2)ncc1F)C(C)=O)C1(CC)CCCC1. The van der Waals surface area contributed by atoms with Gasteiger partial charge in [-0.15, -0.1) is 0 Å². The molecule has 1 N–H and O–H groups in total. The van der Waals surface area contributed by atoms with Crippen molar-refractivity contribution in [3.05, 3.63) is 58.8 Å². The zero-order chi connectivity index (χ0) is 28.9. The number of hydrogen-bond acceptors (Lipinski definition) is 6. The van der Waals surface area contributed by atoms with Gasteiger partial charge in [-0.2, -0.15) is 0 Å². The van der Waals surface area contributed by atoms with Crippen LogP contribution in [-0.2, 0) is 4.79 Å². The summed E-state index contributed by atoms with van der Waals surface area (Å²) in [6, 6.07) is 4.04. The highest BCUT2D eigenvalue weighted by molar-refractivity contribution is 5.99. The lowest BCUT2D eigenvalue weighted by atomic mass is 9.68. The minimum atomic E-state index is -0.510. The van der Waals surface area contributed by atoms with Gasteiger partial charge in [-0.3, -0.25) is 4.79 Å². The number of piperidine rings is 1. The van der Waals surface area contributed by atoms with E-state index in [1.54, 1.807) is 6.92 Å². The van der Waals surface area contributed by atoms with Crippen LogP contribution in [0.5, 0.6) is 0 Å². The number of aromatic nitrogens is 3. The number of anilines is 2. The van der Waals surface area contributed by atoms with E-state index in [2.05, 4.69) is 59.1 Å². The van der Waals surface area contributed by atoms with E-state index >= 15 is 4.39 Å². The van der Waals surface area contributed by atoms with Crippen LogP contribution >= 0.6 is 0 Å². The van der Waals surface area contributed by atoms with Crippen LogP contribution in [0.25, 0.3) is 5.57 Å². The molecule has 0 spiro atoms. The topological polar surface area (TPSA) is 71.0 Å². The number of carbonyl (C=O) groups is 1. The molecule has 7 heteroatoms. The Morgan fingerprint density at radius 2 is 1.85 bits per heavy atom. The summed E-state index contributed by atoms with van der Waals surface area (Å²) in [7, 11) is 2.16. The second-order valence-corrected chi connectivity index (χ2v) is 11.9. The van der Waals surface area contributed by atoms with Gasteiger partial charge in [-0.05, 0) is 113 Å². The van der Waals surface area contributed by atoms with Crippen LogP contribution in [0.3, 0.4) is 0 Å². The van der Waals surface area contributed by atoms with Gasteiger partial charge in [0, 0.05) is 11.8 Å². The second kappa shape index (κ2) is 13.2. The molecule has 1 aliphatic carbocycles. The molecule has 3 heterocycles. The van der Waals surface area contributed by atoms with Crippen LogP contribution < -0.4 is 5.32 Å². The molecule has 0 bridgehead atoms. The first-order chi connectivity index (χ1) is 19.2. The highest BCUT2D eigenvalue weighted by Crippen LogP contribution is 2.51. The van der Waals surface area contributed by atoms with E-state index in [0.29, 0.717) is 22.9 Å². The maximum absolute atomic E-state index is 15.1. The van der Waals surface area contributed by atoms with Crippen molar-refractivity contribution >= 4 is 23.1 Å². The highest BCUT2D eigenvalue weighted by atomic mass is 19.1. The predicted octanol–water partition coefficient (Wildman–Crippen LogP) is 7.87. The highest BCUT2D eigenvalue weighted by Gasteiger charge is 2.39. The van der Waals surface area contributed by atoms with E-state index in [1.165, 1.54) is 30.2 Å². The van der Waals surface area contributed by atoms with Gasteiger partial charge in [0.1, 0.15) is 11.5 Å². The Hall–Kier alpha value is -2.93. The molecule has 6 nitrogen and oxygen atoms in total. The lowest BCUT2D eigenvalue weighted by molar-refractivity contribution is -0.113. The van der Waals surface area contributed by atoms with Crippen LogP contribution in [0, 0.1) is 17.2 Å². The maximum atomic E-state index is 15.1. The van der Waals surface area contributed by atoms with E-state index in [0.717, 1.165) is 51.6 Å². The smallest absolute Gasteiger partial charge is 0.229 e. The van der Waals surface area contributed by atoms with Gasteiger partial charge < -0.3 is 10.2 Å². The van der Waals surface area contributed by atoms with Crippen molar-refractivity contribution in [2.24, 2.45) is 11.3 Å². The van der Waals surface area contributed by atoms with Crippen molar-refractivity contribution in [3.63, 3.8) is 0 Å². The summed E-state index contributed by atoms with van der Waals surface area (Å²) >= 11 is 0. The number of carbonyl (C=O) groups excluding carboxylic acids is 1. The van der Waals surface area contributed by atoms with Crippen LogP contribution in [0.1, 0.15) is 103 Å². The van der Waals surface area contributed by atoms with Gasteiger partial charge in [0.05, 0.1) is 6.20 Å². The number of nitrogens with one attached hydrogen (secondary N) is 1. The Morgan fingerprint density at radius 3 is 2.42 bits per heavy atom.